The number of fused-ring (bicyclic) bond motifs is 2. The van der Waals surface area contributed by atoms with Crippen molar-refractivity contribution < 1.29 is 0 Å². The molecule has 0 saturated carbocycles. The lowest BCUT2D eigenvalue weighted by Crippen LogP contribution is -1.96. The zero-order chi connectivity index (χ0) is 18.1. The highest BCUT2D eigenvalue weighted by molar-refractivity contribution is 5.88. The van der Waals surface area contributed by atoms with Crippen LogP contribution in [0.15, 0.2) is 86.2 Å². The van der Waals surface area contributed by atoms with Crippen LogP contribution in [0.5, 0.6) is 0 Å². The fourth-order valence-electron chi connectivity index (χ4n) is 3.99. The summed E-state index contributed by atoms with van der Waals surface area (Å²) in [5.74, 6) is 0.307. The number of rotatable bonds is 6. The molecule has 0 unspecified atom stereocenters. The van der Waals surface area contributed by atoms with E-state index in [-0.39, 0.29) is 0 Å². The number of hydrogen-bond acceptors (Lipinski definition) is 0. The predicted octanol–water partition coefficient (Wildman–Crippen LogP) is 6.12. The van der Waals surface area contributed by atoms with Crippen molar-refractivity contribution in [3.05, 3.63) is 97.4 Å². The number of allylic oxidation sites excluding steroid dienone is 2. The quantitative estimate of drug-likeness (QED) is 0.374. The van der Waals surface area contributed by atoms with Gasteiger partial charge in [0.1, 0.15) is 0 Å². The minimum atomic E-state index is 0.307. The summed E-state index contributed by atoms with van der Waals surface area (Å²) in [6.07, 6.45) is 8.49. The van der Waals surface area contributed by atoms with E-state index in [0.29, 0.717) is 5.92 Å². The van der Waals surface area contributed by atoms with Crippen molar-refractivity contribution >= 4 is 21.8 Å². The summed E-state index contributed by atoms with van der Waals surface area (Å²) in [5, 5.41) is 2.64. The number of nitrogens with zero attached hydrogens (tertiary/aromatic N) is 2. The molecule has 0 aliphatic rings. The van der Waals surface area contributed by atoms with Crippen LogP contribution >= 0.6 is 0 Å². The summed E-state index contributed by atoms with van der Waals surface area (Å²) in [5.41, 5.74) is 5.26. The summed E-state index contributed by atoms with van der Waals surface area (Å²) in [6.45, 7) is 11.8. The fraction of sp³-hybridized carbons (Fsp3) is 0.167. The first-order valence-electron chi connectivity index (χ1n) is 9.12. The highest BCUT2D eigenvalue weighted by Gasteiger charge is 2.19. The molecule has 0 fully saturated rings. The fourth-order valence-corrected chi connectivity index (χ4v) is 3.99. The van der Waals surface area contributed by atoms with Gasteiger partial charge < -0.3 is 9.13 Å². The van der Waals surface area contributed by atoms with Crippen LogP contribution in [0.2, 0.25) is 0 Å². The Balaban J connectivity index is 1.90. The first kappa shape index (κ1) is 16.5. The molecule has 2 aromatic carbocycles. The molecule has 4 rings (SSSR count). The highest BCUT2D eigenvalue weighted by Crippen LogP contribution is 2.36. The van der Waals surface area contributed by atoms with Crippen molar-refractivity contribution in [3.8, 4) is 0 Å². The van der Waals surface area contributed by atoms with Gasteiger partial charge in [-0.1, -0.05) is 55.5 Å². The second-order valence-corrected chi connectivity index (χ2v) is 6.81. The Hall–Kier alpha value is -3.00. The first-order chi connectivity index (χ1) is 12.7. The van der Waals surface area contributed by atoms with E-state index < -0.39 is 0 Å². The van der Waals surface area contributed by atoms with Gasteiger partial charge in [-0.15, -0.1) is 13.2 Å². The monoisotopic (exact) mass is 340 g/mol. The van der Waals surface area contributed by atoms with Gasteiger partial charge in [-0.25, -0.2) is 0 Å². The van der Waals surface area contributed by atoms with Crippen molar-refractivity contribution in [1.82, 2.24) is 9.13 Å². The van der Waals surface area contributed by atoms with Gasteiger partial charge in [0, 0.05) is 53.2 Å². The maximum Gasteiger partial charge on any atom is 0.0486 e. The summed E-state index contributed by atoms with van der Waals surface area (Å²) < 4.78 is 4.58. The second-order valence-electron chi connectivity index (χ2n) is 6.81. The van der Waals surface area contributed by atoms with Gasteiger partial charge in [0.2, 0.25) is 0 Å². The van der Waals surface area contributed by atoms with Crippen LogP contribution in [-0.4, -0.2) is 9.13 Å². The van der Waals surface area contributed by atoms with Crippen LogP contribution in [0.3, 0.4) is 0 Å². The Morgan fingerprint density at radius 3 is 1.62 bits per heavy atom. The molecule has 2 aromatic heterocycles. The van der Waals surface area contributed by atoms with Gasteiger partial charge in [0.05, 0.1) is 0 Å². The second kappa shape index (κ2) is 6.72. The molecule has 2 heterocycles. The van der Waals surface area contributed by atoms with Crippen molar-refractivity contribution in [2.45, 2.75) is 25.9 Å². The first-order valence-corrected chi connectivity index (χ1v) is 9.12. The average molecular weight is 340 g/mol. The van der Waals surface area contributed by atoms with Crippen LogP contribution in [0.25, 0.3) is 21.8 Å². The smallest absolute Gasteiger partial charge is 0.0486 e. The normalized spacial score (nSPS) is 11.5. The molecule has 130 valence electrons. The SMILES string of the molecule is C=CCn1cc(C(C)c2cn(CC=C)c3ccccc23)c2ccccc21. The zero-order valence-corrected chi connectivity index (χ0v) is 15.2. The lowest BCUT2D eigenvalue weighted by atomic mass is 9.92. The molecule has 0 saturated heterocycles. The number of benzene rings is 2. The molecule has 0 aliphatic carbocycles. The topological polar surface area (TPSA) is 9.86 Å². The molecular formula is C24H24N2. The average Bonchev–Trinajstić information content (AvgIpc) is 3.22. The Morgan fingerprint density at radius 1 is 0.769 bits per heavy atom. The van der Waals surface area contributed by atoms with Crippen molar-refractivity contribution in [1.29, 1.82) is 0 Å². The Labute approximate surface area is 154 Å². The zero-order valence-electron chi connectivity index (χ0n) is 15.2. The summed E-state index contributed by atoms with van der Waals surface area (Å²) in [7, 11) is 0. The lowest BCUT2D eigenvalue weighted by molar-refractivity contribution is 0.830. The molecule has 2 heteroatoms. The van der Waals surface area contributed by atoms with E-state index in [0.717, 1.165) is 13.1 Å². The molecule has 26 heavy (non-hydrogen) atoms. The molecule has 0 N–H and O–H groups in total. The summed E-state index contributed by atoms with van der Waals surface area (Å²) in [6, 6.07) is 17.3. The largest absolute Gasteiger partial charge is 0.343 e. The van der Waals surface area contributed by atoms with Crippen molar-refractivity contribution in [3.63, 3.8) is 0 Å². The lowest BCUT2D eigenvalue weighted by Gasteiger charge is -2.10. The molecule has 0 amide bonds. The van der Waals surface area contributed by atoms with E-state index in [2.05, 4.69) is 90.1 Å². The third kappa shape index (κ3) is 2.59. The van der Waals surface area contributed by atoms with Gasteiger partial charge in [-0.2, -0.15) is 0 Å². The van der Waals surface area contributed by atoms with Crippen LogP contribution in [-0.2, 0) is 13.1 Å². The van der Waals surface area contributed by atoms with Crippen molar-refractivity contribution in [2.75, 3.05) is 0 Å². The highest BCUT2D eigenvalue weighted by atomic mass is 15.0. The van der Waals surface area contributed by atoms with E-state index >= 15 is 0 Å². The Morgan fingerprint density at radius 2 is 1.19 bits per heavy atom. The standard InChI is InChI=1S/C24H24N2/c1-4-14-25-16-21(19-10-6-8-12-23(19)25)18(3)22-17-26(15-5-2)24-13-9-7-11-20(22)24/h4-13,16-18H,1-2,14-15H2,3H3. The van der Waals surface area contributed by atoms with Crippen LogP contribution < -0.4 is 0 Å². The van der Waals surface area contributed by atoms with Crippen molar-refractivity contribution in [2.24, 2.45) is 0 Å². The molecule has 0 radical (unpaired) electrons. The maximum absolute atomic E-state index is 3.91. The minimum Gasteiger partial charge on any atom is -0.343 e. The summed E-state index contributed by atoms with van der Waals surface area (Å²) >= 11 is 0. The van der Waals surface area contributed by atoms with E-state index in [1.54, 1.807) is 0 Å². The Bertz CT molecular complexity index is 1010. The molecule has 4 aromatic rings. The number of aromatic nitrogens is 2. The van der Waals surface area contributed by atoms with E-state index in [9.17, 15) is 0 Å². The number of para-hydroxylation sites is 2. The molecule has 0 aliphatic heterocycles. The van der Waals surface area contributed by atoms with E-state index in [1.807, 2.05) is 12.2 Å². The van der Waals surface area contributed by atoms with Gasteiger partial charge >= 0.3 is 0 Å². The third-order valence-electron chi connectivity index (χ3n) is 5.22. The maximum atomic E-state index is 3.91. The molecule has 0 bridgehead atoms. The molecular weight excluding hydrogens is 316 g/mol. The van der Waals surface area contributed by atoms with Crippen LogP contribution in [0, 0.1) is 0 Å². The van der Waals surface area contributed by atoms with E-state index in [4.69, 9.17) is 0 Å². The third-order valence-corrected chi connectivity index (χ3v) is 5.22. The van der Waals surface area contributed by atoms with Crippen LogP contribution in [0.4, 0.5) is 0 Å². The molecule has 0 atom stereocenters. The van der Waals surface area contributed by atoms with Crippen LogP contribution in [0.1, 0.15) is 24.0 Å². The van der Waals surface area contributed by atoms with E-state index in [1.165, 1.54) is 32.9 Å². The summed E-state index contributed by atoms with van der Waals surface area (Å²) in [4.78, 5) is 0. The predicted molar refractivity (Wildman–Crippen MR) is 112 cm³/mol. The minimum absolute atomic E-state index is 0.307. The molecule has 0 spiro atoms. The van der Waals surface area contributed by atoms with Gasteiger partial charge in [-0.05, 0) is 23.3 Å². The molecule has 2 nitrogen and oxygen atoms in total. The van der Waals surface area contributed by atoms with Gasteiger partial charge in [-0.3, -0.25) is 0 Å². The number of hydrogen-bond donors (Lipinski definition) is 0. The Kier molecular flexibility index (Phi) is 4.26. The van der Waals surface area contributed by atoms with Gasteiger partial charge in [0.15, 0.2) is 0 Å². The van der Waals surface area contributed by atoms with Gasteiger partial charge in [0.25, 0.3) is 0 Å².